The number of allylic oxidation sites excluding steroid dienone is 1. The molecule has 2 nitrogen and oxygen atoms in total. The van der Waals surface area contributed by atoms with Crippen molar-refractivity contribution in [2.45, 2.75) is 13.8 Å². The molecule has 0 aliphatic heterocycles. The lowest BCUT2D eigenvalue weighted by atomic mass is 10.0. The lowest BCUT2D eigenvalue weighted by molar-refractivity contribution is 0.471. The second-order valence-electron chi connectivity index (χ2n) is 2.68. The summed E-state index contributed by atoms with van der Waals surface area (Å²) in [4.78, 5) is 10.3. The van der Waals surface area contributed by atoms with Gasteiger partial charge in [-0.2, -0.15) is 0 Å². The van der Waals surface area contributed by atoms with Crippen LogP contribution in [-0.4, -0.2) is 11.0 Å². The monoisotopic (exact) mass is 162 g/mol. The van der Waals surface area contributed by atoms with E-state index < -0.39 is 0 Å². The van der Waals surface area contributed by atoms with Crippen molar-refractivity contribution in [1.82, 2.24) is 0 Å². The van der Waals surface area contributed by atoms with Crippen molar-refractivity contribution in [3.05, 3.63) is 29.3 Å². The van der Waals surface area contributed by atoms with E-state index in [1.54, 1.807) is 38.0 Å². The summed E-state index contributed by atoms with van der Waals surface area (Å²) >= 11 is 0. The average molecular weight is 162 g/mol. The standard InChI is InChI=1S/C10H10O2/c1-7(6-11)9-4-3-5-10(12)8(9)2/h3-5,12H,1-2H3. The number of phenols is 1. The van der Waals surface area contributed by atoms with Crippen molar-refractivity contribution in [2.75, 3.05) is 0 Å². The van der Waals surface area contributed by atoms with E-state index in [2.05, 4.69) is 0 Å². The van der Waals surface area contributed by atoms with Crippen LogP contribution in [0.4, 0.5) is 0 Å². The molecule has 1 N–H and O–H groups in total. The maximum atomic E-state index is 10.3. The third-order valence-electron chi connectivity index (χ3n) is 1.86. The SMILES string of the molecule is CC(=C=O)c1cccc(O)c1C. The minimum absolute atomic E-state index is 0.210. The Morgan fingerprint density at radius 3 is 2.75 bits per heavy atom. The number of aromatic hydroxyl groups is 1. The van der Waals surface area contributed by atoms with Crippen LogP contribution < -0.4 is 0 Å². The Morgan fingerprint density at radius 1 is 1.50 bits per heavy atom. The minimum atomic E-state index is 0.210. The predicted octanol–water partition coefficient (Wildman–Crippen LogP) is 1.94. The van der Waals surface area contributed by atoms with Crippen molar-refractivity contribution in [1.29, 1.82) is 0 Å². The van der Waals surface area contributed by atoms with Crippen LogP contribution in [0.2, 0.25) is 0 Å². The molecule has 0 bridgehead atoms. The number of phenolic OH excluding ortho intramolecular Hbond substituents is 1. The third-order valence-corrected chi connectivity index (χ3v) is 1.86. The Bertz CT molecular complexity index is 347. The van der Waals surface area contributed by atoms with Crippen molar-refractivity contribution in [3.63, 3.8) is 0 Å². The van der Waals surface area contributed by atoms with Crippen molar-refractivity contribution >= 4 is 11.5 Å². The molecule has 2 heteroatoms. The van der Waals surface area contributed by atoms with E-state index in [4.69, 9.17) is 0 Å². The molecule has 0 radical (unpaired) electrons. The number of carbonyl (C=O) groups excluding carboxylic acids is 1. The van der Waals surface area contributed by atoms with Crippen LogP contribution in [0.15, 0.2) is 18.2 Å². The van der Waals surface area contributed by atoms with E-state index in [1.165, 1.54) is 0 Å². The van der Waals surface area contributed by atoms with E-state index in [0.717, 1.165) is 11.1 Å². The quantitative estimate of drug-likeness (QED) is 0.641. The average Bonchev–Trinajstić information content (AvgIpc) is 2.08. The van der Waals surface area contributed by atoms with Gasteiger partial charge in [0.2, 0.25) is 0 Å². The molecule has 0 saturated carbocycles. The largest absolute Gasteiger partial charge is 0.508 e. The first-order valence-corrected chi connectivity index (χ1v) is 3.67. The molecule has 0 spiro atoms. The molecule has 0 aliphatic carbocycles. The van der Waals surface area contributed by atoms with Gasteiger partial charge in [0.25, 0.3) is 0 Å². The molecule has 62 valence electrons. The van der Waals surface area contributed by atoms with Crippen LogP contribution in [-0.2, 0) is 4.79 Å². The van der Waals surface area contributed by atoms with Crippen molar-refractivity contribution in [2.24, 2.45) is 0 Å². The predicted molar refractivity (Wildman–Crippen MR) is 47.6 cm³/mol. The normalized spacial score (nSPS) is 9.17. The molecular formula is C10H10O2. The molecule has 0 saturated heterocycles. The molecule has 1 aromatic carbocycles. The van der Waals surface area contributed by atoms with Gasteiger partial charge in [0.15, 0.2) is 0 Å². The van der Waals surface area contributed by atoms with Gasteiger partial charge in [-0.3, -0.25) is 0 Å². The van der Waals surface area contributed by atoms with Crippen molar-refractivity contribution < 1.29 is 9.90 Å². The molecule has 0 atom stereocenters. The van der Waals surface area contributed by atoms with E-state index in [9.17, 15) is 9.90 Å². The summed E-state index contributed by atoms with van der Waals surface area (Å²) in [5.74, 6) is 2.02. The number of hydrogen-bond acceptors (Lipinski definition) is 2. The molecule has 0 aliphatic rings. The van der Waals surface area contributed by atoms with Gasteiger partial charge in [0, 0.05) is 5.57 Å². The lowest BCUT2D eigenvalue weighted by Crippen LogP contribution is -1.85. The fraction of sp³-hybridized carbons (Fsp3) is 0.200. The smallest absolute Gasteiger partial charge is 0.128 e. The second kappa shape index (κ2) is 3.24. The Labute approximate surface area is 71.2 Å². The van der Waals surface area contributed by atoms with Crippen LogP contribution in [0.3, 0.4) is 0 Å². The highest BCUT2D eigenvalue weighted by atomic mass is 16.3. The van der Waals surface area contributed by atoms with E-state index in [1.807, 2.05) is 0 Å². The highest BCUT2D eigenvalue weighted by molar-refractivity contribution is 5.87. The molecule has 1 aromatic rings. The Kier molecular flexibility index (Phi) is 2.32. The van der Waals surface area contributed by atoms with Crippen molar-refractivity contribution in [3.8, 4) is 5.75 Å². The van der Waals surface area contributed by atoms with E-state index in [-0.39, 0.29) is 5.75 Å². The summed E-state index contributed by atoms with van der Waals surface area (Å²) in [6, 6.07) is 5.09. The summed E-state index contributed by atoms with van der Waals surface area (Å²) in [6.07, 6.45) is 0. The molecule has 1 rings (SSSR count). The minimum Gasteiger partial charge on any atom is -0.508 e. The summed E-state index contributed by atoms with van der Waals surface area (Å²) in [5, 5.41) is 9.30. The second-order valence-corrected chi connectivity index (χ2v) is 2.68. The molecule has 0 unspecified atom stereocenters. The molecule has 0 heterocycles. The van der Waals surface area contributed by atoms with Gasteiger partial charge < -0.3 is 5.11 Å². The first-order valence-electron chi connectivity index (χ1n) is 3.67. The molecular weight excluding hydrogens is 152 g/mol. The zero-order chi connectivity index (χ0) is 9.14. The Morgan fingerprint density at radius 2 is 2.17 bits per heavy atom. The summed E-state index contributed by atoms with van der Waals surface area (Å²) in [7, 11) is 0. The molecule has 0 aromatic heterocycles. The van der Waals surface area contributed by atoms with Crippen LogP contribution in [0, 0.1) is 6.92 Å². The van der Waals surface area contributed by atoms with Crippen LogP contribution >= 0.6 is 0 Å². The first-order chi connectivity index (χ1) is 5.66. The first kappa shape index (κ1) is 8.57. The maximum Gasteiger partial charge on any atom is 0.128 e. The Hall–Kier alpha value is -1.53. The number of hydrogen-bond donors (Lipinski definition) is 1. The van der Waals surface area contributed by atoms with Gasteiger partial charge in [-0.25, -0.2) is 4.79 Å². The molecule has 12 heavy (non-hydrogen) atoms. The zero-order valence-corrected chi connectivity index (χ0v) is 7.09. The van der Waals surface area contributed by atoms with Gasteiger partial charge in [0.1, 0.15) is 11.7 Å². The van der Waals surface area contributed by atoms with Gasteiger partial charge in [-0.1, -0.05) is 12.1 Å². The van der Waals surface area contributed by atoms with Gasteiger partial charge >= 0.3 is 0 Å². The summed E-state index contributed by atoms with van der Waals surface area (Å²) in [6.45, 7) is 3.44. The third kappa shape index (κ3) is 1.39. The lowest BCUT2D eigenvalue weighted by Gasteiger charge is -2.03. The maximum absolute atomic E-state index is 10.3. The van der Waals surface area contributed by atoms with Gasteiger partial charge in [-0.15, -0.1) is 0 Å². The fourth-order valence-corrected chi connectivity index (χ4v) is 1.08. The summed E-state index contributed by atoms with van der Waals surface area (Å²) < 4.78 is 0. The zero-order valence-electron chi connectivity index (χ0n) is 7.09. The topological polar surface area (TPSA) is 37.3 Å². The van der Waals surface area contributed by atoms with E-state index in [0.29, 0.717) is 5.57 Å². The van der Waals surface area contributed by atoms with Crippen LogP contribution in [0.5, 0.6) is 5.75 Å². The highest BCUT2D eigenvalue weighted by Gasteiger charge is 2.03. The van der Waals surface area contributed by atoms with E-state index >= 15 is 0 Å². The van der Waals surface area contributed by atoms with Gasteiger partial charge in [0.05, 0.1) is 0 Å². The van der Waals surface area contributed by atoms with Crippen LogP contribution in [0.25, 0.3) is 5.57 Å². The Balaban J connectivity index is 3.35. The molecule has 0 fully saturated rings. The number of rotatable bonds is 1. The number of benzene rings is 1. The van der Waals surface area contributed by atoms with Crippen LogP contribution in [0.1, 0.15) is 18.1 Å². The van der Waals surface area contributed by atoms with Gasteiger partial charge in [-0.05, 0) is 31.0 Å². The highest BCUT2D eigenvalue weighted by Crippen LogP contribution is 2.23. The molecule has 0 amide bonds. The fourth-order valence-electron chi connectivity index (χ4n) is 1.08. The summed E-state index contributed by atoms with van der Waals surface area (Å²) in [5.41, 5.74) is 1.99.